The van der Waals surface area contributed by atoms with Crippen molar-refractivity contribution in [1.29, 1.82) is 0 Å². The van der Waals surface area contributed by atoms with Crippen LogP contribution < -0.4 is 5.32 Å². The first-order valence-electron chi connectivity index (χ1n) is 6.64. The van der Waals surface area contributed by atoms with E-state index in [9.17, 15) is 4.79 Å². The SMILES string of the molecule is C#CCCNC(=O)Cc1ccc(-c2ccccc2)cc1. The number of amides is 1. The highest BCUT2D eigenvalue weighted by molar-refractivity contribution is 5.78. The molecule has 0 heterocycles. The minimum Gasteiger partial charge on any atom is -0.355 e. The molecular formula is C18H17NO. The molecule has 0 saturated carbocycles. The number of rotatable bonds is 5. The molecule has 0 aliphatic carbocycles. The van der Waals surface area contributed by atoms with Crippen LogP contribution in [0.3, 0.4) is 0 Å². The standard InChI is InChI=1S/C18H17NO/c1-2-3-13-19-18(20)14-15-9-11-17(12-10-15)16-7-5-4-6-8-16/h1,4-12H,3,13-14H2,(H,19,20). The molecule has 20 heavy (non-hydrogen) atoms. The molecular weight excluding hydrogens is 246 g/mol. The van der Waals surface area contributed by atoms with Crippen LogP contribution in [0.2, 0.25) is 0 Å². The second kappa shape index (κ2) is 7.16. The zero-order valence-corrected chi connectivity index (χ0v) is 11.3. The van der Waals surface area contributed by atoms with Crippen molar-refractivity contribution in [2.24, 2.45) is 0 Å². The molecule has 0 unspecified atom stereocenters. The molecule has 2 aromatic rings. The van der Waals surface area contributed by atoms with Crippen LogP contribution >= 0.6 is 0 Å². The Kier molecular flexibility index (Phi) is 4.97. The van der Waals surface area contributed by atoms with Crippen molar-refractivity contribution in [2.45, 2.75) is 12.8 Å². The van der Waals surface area contributed by atoms with Gasteiger partial charge in [-0.05, 0) is 16.7 Å². The Bertz CT molecular complexity index is 594. The number of carbonyl (C=O) groups excluding carboxylic acids is 1. The van der Waals surface area contributed by atoms with E-state index >= 15 is 0 Å². The van der Waals surface area contributed by atoms with Crippen LogP contribution in [0.15, 0.2) is 54.6 Å². The van der Waals surface area contributed by atoms with E-state index in [4.69, 9.17) is 6.42 Å². The Morgan fingerprint density at radius 3 is 2.30 bits per heavy atom. The predicted octanol–water partition coefficient (Wildman–Crippen LogP) is 3.04. The Hall–Kier alpha value is -2.53. The minimum atomic E-state index is 0.00714. The highest BCUT2D eigenvalue weighted by Gasteiger charge is 2.03. The molecule has 1 amide bonds. The molecule has 0 saturated heterocycles. The predicted molar refractivity (Wildman–Crippen MR) is 82.0 cm³/mol. The summed E-state index contributed by atoms with van der Waals surface area (Å²) in [6.07, 6.45) is 6.09. The molecule has 0 aromatic heterocycles. The largest absolute Gasteiger partial charge is 0.355 e. The zero-order chi connectivity index (χ0) is 14.2. The molecule has 2 heteroatoms. The van der Waals surface area contributed by atoms with Gasteiger partial charge in [0.2, 0.25) is 5.91 Å². The van der Waals surface area contributed by atoms with Crippen LogP contribution in [-0.4, -0.2) is 12.5 Å². The van der Waals surface area contributed by atoms with E-state index in [-0.39, 0.29) is 5.91 Å². The molecule has 2 nitrogen and oxygen atoms in total. The lowest BCUT2D eigenvalue weighted by Gasteiger charge is -2.05. The maximum absolute atomic E-state index is 11.7. The highest BCUT2D eigenvalue weighted by atomic mass is 16.1. The summed E-state index contributed by atoms with van der Waals surface area (Å²) in [5, 5.41) is 2.80. The van der Waals surface area contributed by atoms with E-state index in [2.05, 4.69) is 23.4 Å². The van der Waals surface area contributed by atoms with Gasteiger partial charge in [0.1, 0.15) is 0 Å². The van der Waals surface area contributed by atoms with E-state index < -0.39 is 0 Å². The molecule has 2 aromatic carbocycles. The number of benzene rings is 2. The fraction of sp³-hybridized carbons (Fsp3) is 0.167. The van der Waals surface area contributed by atoms with E-state index in [1.54, 1.807) is 0 Å². The lowest BCUT2D eigenvalue weighted by Crippen LogP contribution is -2.25. The second-order valence-corrected chi connectivity index (χ2v) is 4.54. The minimum absolute atomic E-state index is 0.00714. The van der Waals surface area contributed by atoms with E-state index in [0.717, 1.165) is 11.1 Å². The van der Waals surface area contributed by atoms with Crippen LogP contribution in [0.1, 0.15) is 12.0 Å². The third kappa shape index (κ3) is 4.00. The number of nitrogens with one attached hydrogen (secondary N) is 1. The number of hydrogen-bond acceptors (Lipinski definition) is 1. The van der Waals surface area contributed by atoms with Gasteiger partial charge in [0.25, 0.3) is 0 Å². The van der Waals surface area contributed by atoms with Gasteiger partial charge in [0, 0.05) is 13.0 Å². The summed E-state index contributed by atoms with van der Waals surface area (Å²) in [7, 11) is 0. The van der Waals surface area contributed by atoms with Gasteiger partial charge >= 0.3 is 0 Å². The molecule has 0 aliphatic heterocycles. The maximum atomic E-state index is 11.7. The van der Waals surface area contributed by atoms with Gasteiger partial charge in [-0.1, -0.05) is 54.6 Å². The summed E-state index contributed by atoms with van der Waals surface area (Å²) in [6, 6.07) is 18.2. The third-order valence-corrected chi connectivity index (χ3v) is 3.02. The summed E-state index contributed by atoms with van der Waals surface area (Å²) in [6.45, 7) is 0.539. The smallest absolute Gasteiger partial charge is 0.224 e. The van der Waals surface area contributed by atoms with Crippen LogP contribution in [-0.2, 0) is 11.2 Å². The quantitative estimate of drug-likeness (QED) is 0.652. The maximum Gasteiger partial charge on any atom is 0.224 e. The molecule has 1 N–H and O–H groups in total. The Labute approximate surface area is 119 Å². The van der Waals surface area contributed by atoms with Gasteiger partial charge in [0.05, 0.1) is 6.42 Å². The summed E-state index contributed by atoms with van der Waals surface area (Å²) < 4.78 is 0. The Balaban J connectivity index is 1.95. The molecule has 0 bridgehead atoms. The lowest BCUT2D eigenvalue weighted by molar-refractivity contribution is -0.120. The first-order valence-corrected chi connectivity index (χ1v) is 6.64. The van der Waals surface area contributed by atoms with Gasteiger partial charge in [-0.2, -0.15) is 0 Å². The summed E-state index contributed by atoms with van der Waals surface area (Å²) in [5.41, 5.74) is 3.34. The van der Waals surface area contributed by atoms with Crippen molar-refractivity contribution in [3.05, 3.63) is 60.2 Å². The molecule has 0 spiro atoms. The van der Waals surface area contributed by atoms with E-state index in [0.29, 0.717) is 19.4 Å². The molecule has 2 rings (SSSR count). The molecule has 0 atom stereocenters. The second-order valence-electron chi connectivity index (χ2n) is 4.54. The van der Waals surface area contributed by atoms with Crippen molar-refractivity contribution < 1.29 is 4.79 Å². The molecule has 0 fully saturated rings. The summed E-state index contributed by atoms with van der Waals surface area (Å²) >= 11 is 0. The van der Waals surface area contributed by atoms with Gasteiger partial charge in [0.15, 0.2) is 0 Å². The number of hydrogen-bond donors (Lipinski definition) is 1. The Morgan fingerprint density at radius 1 is 1.00 bits per heavy atom. The van der Waals surface area contributed by atoms with Gasteiger partial charge in [-0.15, -0.1) is 12.3 Å². The fourth-order valence-electron chi connectivity index (χ4n) is 1.97. The first kappa shape index (κ1) is 13.9. The summed E-state index contributed by atoms with van der Waals surface area (Å²) in [4.78, 5) is 11.7. The zero-order valence-electron chi connectivity index (χ0n) is 11.3. The van der Waals surface area contributed by atoms with Crippen LogP contribution in [0, 0.1) is 12.3 Å². The monoisotopic (exact) mass is 263 g/mol. The van der Waals surface area contributed by atoms with E-state index in [1.165, 1.54) is 5.56 Å². The molecule has 0 aliphatic rings. The van der Waals surface area contributed by atoms with Crippen molar-refractivity contribution >= 4 is 5.91 Å². The normalized spacial score (nSPS) is 9.75. The molecule has 100 valence electrons. The van der Waals surface area contributed by atoms with Gasteiger partial charge in [-0.25, -0.2) is 0 Å². The summed E-state index contributed by atoms with van der Waals surface area (Å²) in [5.74, 6) is 2.50. The lowest BCUT2D eigenvalue weighted by atomic mass is 10.0. The number of terminal acetylenes is 1. The molecule has 0 radical (unpaired) electrons. The average molecular weight is 263 g/mol. The van der Waals surface area contributed by atoms with Crippen molar-refractivity contribution in [2.75, 3.05) is 6.54 Å². The van der Waals surface area contributed by atoms with Gasteiger partial charge < -0.3 is 5.32 Å². The van der Waals surface area contributed by atoms with Crippen LogP contribution in [0.5, 0.6) is 0 Å². The Morgan fingerprint density at radius 2 is 1.65 bits per heavy atom. The van der Waals surface area contributed by atoms with E-state index in [1.807, 2.05) is 42.5 Å². The van der Waals surface area contributed by atoms with Crippen LogP contribution in [0.4, 0.5) is 0 Å². The fourth-order valence-corrected chi connectivity index (χ4v) is 1.97. The van der Waals surface area contributed by atoms with Crippen LogP contribution in [0.25, 0.3) is 11.1 Å². The van der Waals surface area contributed by atoms with Crippen molar-refractivity contribution in [1.82, 2.24) is 5.32 Å². The average Bonchev–Trinajstić information content (AvgIpc) is 2.49. The van der Waals surface area contributed by atoms with Gasteiger partial charge in [-0.3, -0.25) is 4.79 Å². The topological polar surface area (TPSA) is 29.1 Å². The number of carbonyl (C=O) groups is 1. The third-order valence-electron chi connectivity index (χ3n) is 3.02. The first-order chi connectivity index (χ1) is 9.79. The van der Waals surface area contributed by atoms with Crippen molar-refractivity contribution in [3.63, 3.8) is 0 Å². The van der Waals surface area contributed by atoms with Crippen molar-refractivity contribution in [3.8, 4) is 23.5 Å². The highest BCUT2D eigenvalue weighted by Crippen LogP contribution is 2.19.